The van der Waals surface area contributed by atoms with Gasteiger partial charge in [-0.15, -0.1) is 0 Å². The smallest absolute Gasteiger partial charge is 0.411 e. The summed E-state index contributed by atoms with van der Waals surface area (Å²) in [7, 11) is 1.40. The quantitative estimate of drug-likeness (QED) is 0.569. The first-order valence-corrected chi connectivity index (χ1v) is 8.38. The van der Waals surface area contributed by atoms with E-state index in [-0.39, 0.29) is 6.61 Å². The van der Waals surface area contributed by atoms with Crippen molar-refractivity contribution in [1.82, 2.24) is 4.90 Å². The van der Waals surface area contributed by atoms with Crippen LogP contribution in [-0.2, 0) is 30.4 Å². The first-order chi connectivity index (χ1) is 12.0. The summed E-state index contributed by atoms with van der Waals surface area (Å²) in [5.74, 6) is -1.23. The van der Waals surface area contributed by atoms with Crippen LogP contribution in [0.1, 0.15) is 40.2 Å². The van der Waals surface area contributed by atoms with Crippen molar-refractivity contribution in [1.29, 1.82) is 0 Å². The van der Waals surface area contributed by atoms with Crippen molar-refractivity contribution in [2.45, 2.75) is 59.0 Å². The van der Waals surface area contributed by atoms with Crippen molar-refractivity contribution in [3.8, 4) is 0 Å². The van der Waals surface area contributed by atoms with Crippen LogP contribution in [0.25, 0.3) is 0 Å². The molecule has 144 valence electrons. The first kappa shape index (κ1) is 21.5. The van der Waals surface area contributed by atoms with Crippen LogP contribution in [0, 0.1) is 0 Å². The molecule has 7 nitrogen and oxygen atoms in total. The SMILES string of the molecule is CC(OC(=O)N(C)C(C)C(=O)OCc1ccccc1)C(=O)OC(C)(C)C. The lowest BCUT2D eigenvalue weighted by Gasteiger charge is -2.26. The molecule has 0 spiro atoms. The van der Waals surface area contributed by atoms with Crippen LogP contribution in [0.4, 0.5) is 4.79 Å². The van der Waals surface area contributed by atoms with Gasteiger partial charge in [0.1, 0.15) is 18.2 Å². The van der Waals surface area contributed by atoms with Gasteiger partial charge in [-0.05, 0) is 40.2 Å². The number of carbonyl (C=O) groups is 3. The number of hydrogen-bond donors (Lipinski definition) is 0. The topological polar surface area (TPSA) is 82.1 Å². The molecule has 2 unspecified atom stereocenters. The highest BCUT2D eigenvalue weighted by atomic mass is 16.6. The molecule has 0 aliphatic carbocycles. The van der Waals surface area contributed by atoms with Crippen LogP contribution in [0.2, 0.25) is 0 Å². The van der Waals surface area contributed by atoms with Gasteiger partial charge in [-0.25, -0.2) is 14.4 Å². The molecule has 0 saturated heterocycles. The standard InChI is InChI=1S/C19H27NO6/c1-13(16(21)24-12-15-10-8-7-9-11-15)20(6)18(23)25-14(2)17(22)26-19(3,4)5/h7-11,13-14H,12H2,1-6H3. The molecule has 0 aromatic heterocycles. The van der Waals surface area contributed by atoms with Gasteiger partial charge < -0.3 is 14.2 Å². The van der Waals surface area contributed by atoms with E-state index in [1.807, 2.05) is 30.3 Å². The van der Waals surface area contributed by atoms with E-state index >= 15 is 0 Å². The maximum Gasteiger partial charge on any atom is 0.411 e. The van der Waals surface area contributed by atoms with Gasteiger partial charge in [-0.1, -0.05) is 30.3 Å². The molecule has 1 amide bonds. The Labute approximate surface area is 154 Å². The fourth-order valence-corrected chi connectivity index (χ4v) is 1.83. The number of benzene rings is 1. The molecular formula is C19H27NO6. The van der Waals surface area contributed by atoms with Crippen molar-refractivity contribution in [2.75, 3.05) is 7.05 Å². The van der Waals surface area contributed by atoms with Gasteiger partial charge in [0.2, 0.25) is 0 Å². The largest absolute Gasteiger partial charge is 0.459 e. The molecule has 1 aromatic rings. The zero-order valence-corrected chi connectivity index (χ0v) is 16.1. The lowest BCUT2D eigenvalue weighted by molar-refractivity contribution is -0.164. The number of ether oxygens (including phenoxy) is 3. The summed E-state index contributed by atoms with van der Waals surface area (Å²) in [6.45, 7) is 8.20. The maximum absolute atomic E-state index is 12.1. The normalized spacial score (nSPS) is 13.3. The molecule has 0 N–H and O–H groups in total. The Balaban J connectivity index is 2.52. The lowest BCUT2D eigenvalue weighted by Crippen LogP contribution is -2.44. The van der Waals surface area contributed by atoms with E-state index in [9.17, 15) is 14.4 Å². The van der Waals surface area contributed by atoms with Gasteiger partial charge >= 0.3 is 18.0 Å². The minimum absolute atomic E-state index is 0.112. The van der Waals surface area contributed by atoms with E-state index in [1.54, 1.807) is 20.8 Å². The lowest BCUT2D eigenvalue weighted by atomic mass is 10.2. The minimum atomic E-state index is -1.09. The Morgan fingerprint density at radius 1 is 1.04 bits per heavy atom. The number of rotatable bonds is 6. The summed E-state index contributed by atoms with van der Waals surface area (Å²) in [5, 5.41) is 0. The van der Waals surface area contributed by atoms with Gasteiger partial charge in [0.25, 0.3) is 0 Å². The van der Waals surface area contributed by atoms with Gasteiger partial charge in [0.05, 0.1) is 0 Å². The molecular weight excluding hydrogens is 338 g/mol. The van der Waals surface area contributed by atoms with Crippen LogP contribution in [0.5, 0.6) is 0 Å². The van der Waals surface area contributed by atoms with Crippen LogP contribution in [-0.4, -0.2) is 47.7 Å². The van der Waals surface area contributed by atoms with Crippen molar-refractivity contribution in [2.24, 2.45) is 0 Å². The highest BCUT2D eigenvalue weighted by Gasteiger charge is 2.29. The van der Waals surface area contributed by atoms with Crippen LogP contribution in [0.3, 0.4) is 0 Å². The molecule has 26 heavy (non-hydrogen) atoms. The molecule has 0 heterocycles. The second kappa shape index (κ2) is 9.22. The van der Waals surface area contributed by atoms with Crippen LogP contribution in [0.15, 0.2) is 30.3 Å². The third-order valence-corrected chi connectivity index (χ3v) is 3.45. The molecule has 2 atom stereocenters. The molecule has 1 rings (SSSR count). The Hall–Kier alpha value is -2.57. The van der Waals surface area contributed by atoms with Crippen molar-refractivity contribution >= 4 is 18.0 Å². The Morgan fingerprint density at radius 3 is 2.15 bits per heavy atom. The third-order valence-electron chi connectivity index (χ3n) is 3.45. The van der Waals surface area contributed by atoms with E-state index in [0.717, 1.165) is 10.5 Å². The third kappa shape index (κ3) is 7.13. The number of esters is 2. The highest BCUT2D eigenvalue weighted by Crippen LogP contribution is 2.11. The second-order valence-electron chi connectivity index (χ2n) is 6.94. The van der Waals surface area contributed by atoms with E-state index in [0.29, 0.717) is 0 Å². The summed E-state index contributed by atoms with van der Waals surface area (Å²) < 4.78 is 15.4. The first-order valence-electron chi connectivity index (χ1n) is 8.38. The Kier molecular flexibility index (Phi) is 7.61. The minimum Gasteiger partial charge on any atom is -0.459 e. The molecule has 0 saturated carbocycles. The number of nitrogens with zero attached hydrogens (tertiary/aromatic N) is 1. The van der Waals surface area contributed by atoms with Crippen LogP contribution < -0.4 is 0 Å². The summed E-state index contributed by atoms with van der Waals surface area (Å²) in [5.41, 5.74) is 0.162. The predicted molar refractivity (Wildman–Crippen MR) is 95.3 cm³/mol. The zero-order chi connectivity index (χ0) is 19.9. The molecule has 0 aliphatic rings. The molecule has 7 heteroatoms. The van der Waals surface area contributed by atoms with E-state index in [1.165, 1.54) is 20.9 Å². The average Bonchev–Trinajstić information content (AvgIpc) is 2.57. The molecule has 0 aliphatic heterocycles. The van der Waals surface area contributed by atoms with Gasteiger partial charge in [-0.3, -0.25) is 4.90 Å². The van der Waals surface area contributed by atoms with E-state index in [4.69, 9.17) is 14.2 Å². The van der Waals surface area contributed by atoms with Gasteiger partial charge in [0.15, 0.2) is 6.10 Å². The number of amides is 1. The summed E-state index contributed by atoms with van der Waals surface area (Å²) in [4.78, 5) is 37.2. The number of likely N-dealkylation sites (N-methyl/N-ethyl adjacent to an activating group) is 1. The predicted octanol–water partition coefficient (Wildman–Crippen LogP) is 2.92. The maximum atomic E-state index is 12.1. The average molecular weight is 365 g/mol. The Bertz CT molecular complexity index is 623. The van der Waals surface area contributed by atoms with Crippen molar-refractivity contribution in [3.05, 3.63) is 35.9 Å². The van der Waals surface area contributed by atoms with Crippen molar-refractivity contribution in [3.63, 3.8) is 0 Å². The zero-order valence-electron chi connectivity index (χ0n) is 16.1. The molecule has 1 aromatic carbocycles. The van der Waals surface area contributed by atoms with Crippen molar-refractivity contribution < 1.29 is 28.6 Å². The summed E-state index contributed by atoms with van der Waals surface area (Å²) in [6, 6.07) is 8.35. The van der Waals surface area contributed by atoms with E-state index in [2.05, 4.69) is 0 Å². The molecule has 0 radical (unpaired) electrons. The Morgan fingerprint density at radius 2 is 1.62 bits per heavy atom. The monoisotopic (exact) mass is 365 g/mol. The number of carbonyl (C=O) groups excluding carboxylic acids is 3. The van der Waals surface area contributed by atoms with E-state index < -0.39 is 35.8 Å². The van der Waals surface area contributed by atoms with Gasteiger partial charge in [-0.2, -0.15) is 0 Å². The van der Waals surface area contributed by atoms with Crippen LogP contribution >= 0.6 is 0 Å². The fourth-order valence-electron chi connectivity index (χ4n) is 1.83. The molecule has 0 fully saturated rings. The summed E-state index contributed by atoms with van der Waals surface area (Å²) in [6.07, 6.45) is -1.90. The number of hydrogen-bond acceptors (Lipinski definition) is 6. The van der Waals surface area contributed by atoms with Gasteiger partial charge in [0, 0.05) is 7.05 Å². The highest BCUT2D eigenvalue weighted by molar-refractivity contribution is 5.83. The molecule has 0 bridgehead atoms. The summed E-state index contributed by atoms with van der Waals surface area (Å²) >= 11 is 0. The fraction of sp³-hybridized carbons (Fsp3) is 0.526. The second-order valence-corrected chi connectivity index (χ2v) is 6.94.